The monoisotopic (exact) mass is 233 g/mol. The summed E-state index contributed by atoms with van der Waals surface area (Å²) < 4.78 is 12.2. The minimum Gasteiger partial charge on any atom is -0.482 e. The first-order chi connectivity index (χ1) is 8.20. The van der Waals surface area contributed by atoms with E-state index in [1.165, 1.54) is 0 Å². The first-order valence-electron chi connectivity index (χ1n) is 5.54. The van der Waals surface area contributed by atoms with Crippen molar-refractivity contribution in [1.29, 1.82) is 0 Å². The molecule has 0 aliphatic carbocycles. The van der Waals surface area contributed by atoms with Gasteiger partial charge in [0, 0.05) is 24.1 Å². The highest BCUT2D eigenvalue weighted by Gasteiger charge is 2.04. The molecule has 2 aromatic rings. The van der Waals surface area contributed by atoms with E-state index in [0.717, 1.165) is 10.9 Å². The molecule has 0 aliphatic heterocycles. The van der Waals surface area contributed by atoms with Gasteiger partial charge in [0.2, 0.25) is 0 Å². The minimum atomic E-state index is -0.347. The highest BCUT2D eigenvalue weighted by molar-refractivity contribution is 5.81. The Bertz CT molecular complexity index is 530. The maximum Gasteiger partial charge on any atom is 0.344 e. The van der Waals surface area contributed by atoms with Gasteiger partial charge in [0.1, 0.15) is 5.75 Å². The molecule has 90 valence electrons. The van der Waals surface area contributed by atoms with Crippen LogP contribution in [-0.2, 0) is 16.6 Å². The van der Waals surface area contributed by atoms with E-state index in [2.05, 4.69) is 0 Å². The predicted molar refractivity (Wildman–Crippen MR) is 65.0 cm³/mol. The van der Waals surface area contributed by atoms with Gasteiger partial charge in [0.05, 0.1) is 6.61 Å². The number of carbonyl (C=O) groups excluding carboxylic acids is 1. The summed E-state index contributed by atoms with van der Waals surface area (Å²) >= 11 is 0. The van der Waals surface area contributed by atoms with Crippen LogP contribution < -0.4 is 4.74 Å². The molecule has 0 saturated heterocycles. The van der Waals surface area contributed by atoms with Crippen molar-refractivity contribution >= 4 is 16.9 Å². The SMILES string of the molecule is CCOC(=O)COc1ccc2c(ccn2C)c1. The molecular weight excluding hydrogens is 218 g/mol. The minimum absolute atomic E-state index is 0.0494. The zero-order valence-corrected chi connectivity index (χ0v) is 9.97. The number of esters is 1. The van der Waals surface area contributed by atoms with Gasteiger partial charge in [-0.1, -0.05) is 0 Å². The fourth-order valence-corrected chi connectivity index (χ4v) is 1.69. The lowest BCUT2D eigenvalue weighted by Crippen LogP contribution is -2.14. The number of hydrogen-bond acceptors (Lipinski definition) is 3. The van der Waals surface area contributed by atoms with Crippen molar-refractivity contribution in [2.24, 2.45) is 7.05 Å². The van der Waals surface area contributed by atoms with E-state index in [1.807, 2.05) is 42.1 Å². The highest BCUT2D eigenvalue weighted by Crippen LogP contribution is 2.21. The van der Waals surface area contributed by atoms with Crippen molar-refractivity contribution < 1.29 is 14.3 Å². The van der Waals surface area contributed by atoms with Gasteiger partial charge < -0.3 is 14.0 Å². The van der Waals surface area contributed by atoms with Crippen molar-refractivity contribution in [1.82, 2.24) is 4.57 Å². The summed E-state index contributed by atoms with van der Waals surface area (Å²) in [5.74, 6) is 0.331. The van der Waals surface area contributed by atoms with Crippen LogP contribution in [-0.4, -0.2) is 23.8 Å². The van der Waals surface area contributed by atoms with Crippen molar-refractivity contribution in [2.75, 3.05) is 13.2 Å². The van der Waals surface area contributed by atoms with E-state index in [1.54, 1.807) is 6.92 Å². The molecule has 0 bridgehead atoms. The number of ether oxygens (including phenoxy) is 2. The number of fused-ring (bicyclic) bond motifs is 1. The lowest BCUT2D eigenvalue weighted by molar-refractivity contribution is -0.145. The fraction of sp³-hybridized carbons (Fsp3) is 0.308. The van der Waals surface area contributed by atoms with Crippen molar-refractivity contribution in [3.8, 4) is 5.75 Å². The Morgan fingerprint density at radius 1 is 1.35 bits per heavy atom. The van der Waals surface area contributed by atoms with E-state index in [0.29, 0.717) is 12.4 Å². The van der Waals surface area contributed by atoms with Crippen LogP contribution in [0, 0.1) is 0 Å². The lowest BCUT2D eigenvalue weighted by Gasteiger charge is -2.06. The molecule has 0 aliphatic rings. The highest BCUT2D eigenvalue weighted by atomic mass is 16.6. The summed E-state index contributed by atoms with van der Waals surface area (Å²) in [7, 11) is 1.99. The number of aryl methyl sites for hydroxylation is 1. The quantitative estimate of drug-likeness (QED) is 0.759. The van der Waals surface area contributed by atoms with E-state index in [-0.39, 0.29) is 12.6 Å². The summed E-state index contributed by atoms with van der Waals surface area (Å²) in [6, 6.07) is 7.73. The van der Waals surface area contributed by atoms with Gasteiger partial charge in [0.25, 0.3) is 0 Å². The molecule has 4 heteroatoms. The van der Waals surface area contributed by atoms with Crippen LogP contribution in [0.25, 0.3) is 10.9 Å². The molecule has 0 atom stereocenters. The standard InChI is InChI=1S/C13H15NO3/c1-3-16-13(15)9-17-11-4-5-12-10(8-11)6-7-14(12)2/h4-8H,3,9H2,1-2H3. The topological polar surface area (TPSA) is 40.5 Å². The Hall–Kier alpha value is -1.97. The third kappa shape index (κ3) is 2.58. The van der Waals surface area contributed by atoms with Crippen LogP contribution >= 0.6 is 0 Å². The number of nitrogens with zero attached hydrogens (tertiary/aromatic N) is 1. The van der Waals surface area contributed by atoms with Crippen molar-refractivity contribution in [2.45, 2.75) is 6.92 Å². The second-order valence-electron chi connectivity index (χ2n) is 3.74. The summed E-state index contributed by atoms with van der Waals surface area (Å²) in [6.07, 6.45) is 1.99. The molecule has 0 unspecified atom stereocenters. The van der Waals surface area contributed by atoms with Gasteiger partial charge in [-0.25, -0.2) is 4.79 Å². The lowest BCUT2D eigenvalue weighted by atomic mass is 10.2. The number of rotatable bonds is 4. The summed E-state index contributed by atoms with van der Waals surface area (Å²) in [6.45, 7) is 2.10. The fourth-order valence-electron chi connectivity index (χ4n) is 1.69. The second-order valence-corrected chi connectivity index (χ2v) is 3.74. The van der Waals surface area contributed by atoms with Gasteiger partial charge in [0.15, 0.2) is 6.61 Å². The van der Waals surface area contributed by atoms with E-state index in [9.17, 15) is 4.79 Å². The van der Waals surface area contributed by atoms with Gasteiger partial charge in [-0.05, 0) is 31.2 Å². The Morgan fingerprint density at radius 2 is 2.18 bits per heavy atom. The van der Waals surface area contributed by atoms with Crippen LogP contribution in [0.5, 0.6) is 5.75 Å². The Kier molecular flexibility index (Phi) is 3.32. The molecule has 2 rings (SSSR count). The van der Waals surface area contributed by atoms with E-state index < -0.39 is 0 Å². The molecule has 0 N–H and O–H groups in total. The molecule has 4 nitrogen and oxygen atoms in total. The Morgan fingerprint density at radius 3 is 2.94 bits per heavy atom. The third-order valence-electron chi connectivity index (χ3n) is 2.52. The zero-order valence-electron chi connectivity index (χ0n) is 9.97. The van der Waals surface area contributed by atoms with Gasteiger partial charge in [-0.3, -0.25) is 0 Å². The van der Waals surface area contributed by atoms with Gasteiger partial charge in [-0.2, -0.15) is 0 Å². The van der Waals surface area contributed by atoms with Crippen molar-refractivity contribution in [3.63, 3.8) is 0 Å². The Balaban J connectivity index is 2.07. The molecule has 17 heavy (non-hydrogen) atoms. The van der Waals surface area contributed by atoms with Gasteiger partial charge >= 0.3 is 5.97 Å². The summed E-state index contributed by atoms with van der Waals surface area (Å²) in [5.41, 5.74) is 1.13. The molecule has 0 saturated carbocycles. The Labute approximate surface area is 99.7 Å². The molecular formula is C13H15NO3. The average molecular weight is 233 g/mol. The first-order valence-corrected chi connectivity index (χ1v) is 5.54. The number of aromatic nitrogens is 1. The number of hydrogen-bond donors (Lipinski definition) is 0. The van der Waals surface area contributed by atoms with Crippen LogP contribution in [0.4, 0.5) is 0 Å². The maximum atomic E-state index is 11.1. The van der Waals surface area contributed by atoms with E-state index in [4.69, 9.17) is 9.47 Å². The van der Waals surface area contributed by atoms with Crippen LogP contribution in [0.1, 0.15) is 6.92 Å². The molecule has 1 aromatic heterocycles. The van der Waals surface area contributed by atoms with Crippen LogP contribution in [0.3, 0.4) is 0 Å². The largest absolute Gasteiger partial charge is 0.482 e. The van der Waals surface area contributed by atoms with E-state index >= 15 is 0 Å². The molecule has 0 fully saturated rings. The molecule has 1 aromatic carbocycles. The smallest absolute Gasteiger partial charge is 0.344 e. The third-order valence-corrected chi connectivity index (χ3v) is 2.52. The normalized spacial score (nSPS) is 10.5. The number of carbonyl (C=O) groups is 1. The average Bonchev–Trinajstić information content (AvgIpc) is 2.69. The molecule has 0 radical (unpaired) electrons. The molecule has 1 heterocycles. The summed E-state index contributed by atoms with van der Waals surface area (Å²) in [5, 5.41) is 1.09. The number of benzene rings is 1. The van der Waals surface area contributed by atoms with Crippen LogP contribution in [0.2, 0.25) is 0 Å². The molecule has 0 amide bonds. The molecule has 0 spiro atoms. The maximum absolute atomic E-state index is 11.1. The van der Waals surface area contributed by atoms with Gasteiger partial charge in [-0.15, -0.1) is 0 Å². The second kappa shape index (κ2) is 4.91. The summed E-state index contributed by atoms with van der Waals surface area (Å²) in [4.78, 5) is 11.1. The first kappa shape index (κ1) is 11.5. The van der Waals surface area contributed by atoms with Crippen LogP contribution in [0.15, 0.2) is 30.5 Å². The predicted octanol–water partition coefficient (Wildman–Crippen LogP) is 2.12. The zero-order chi connectivity index (χ0) is 12.3. The van der Waals surface area contributed by atoms with Crippen molar-refractivity contribution in [3.05, 3.63) is 30.5 Å².